The first-order chi connectivity index (χ1) is 9.60. The van der Waals surface area contributed by atoms with Gasteiger partial charge in [-0.05, 0) is 38.2 Å². The van der Waals surface area contributed by atoms with Crippen molar-refractivity contribution in [2.75, 3.05) is 25.1 Å². The van der Waals surface area contributed by atoms with E-state index in [9.17, 15) is 9.59 Å². The van der Waals surface area contributed by atoms with E-state index in [1.54, 1.807) is 11.8 Å². The van der Waals surface area contributed by atoms with Gasteiger partial charge in [-0.25, -0.2) is 0 Å². The Bertz CT molecular complexity index is 479. The van der Waals surface area contributed by atoms with Crippen LogP contribution in [0.2, 0.25) is 0 Å². The van der Waals surface area contributed by atoms with Crippen LogP contribution in [0.3, 0.4) is 0 Å². The third-order valence-corrected chi connectivity index (χ3v) is 4.95. The fourth-order valence-electron chi connectivity index (χ4n) is 2.30. The fourth-order valence-corrected chi connectivity index (χ4v) is 3.50. The highest BCUT2D eigenvalue weighted by Crippen LogP contribution is 2.17. The summed E-state index contributed by atoms with van der Waals surface area (Å²) in [6.07, 6.45) is 3.63. The lowest BCUT2D eigenvalue weighted by atomic mass is 10.0. The van der Waals surface area contributed by atoms with Crippen molar-refractivity contribution >= 4 is 34.9 Å². The van der Waals surface area contributed by atoms with E-state index < -0.39 is 0 Å². The molecular formula is C14H20N2O2S2. The second-order valence-corrected chi connectivity index (χ2v) is 7.13. The van der Waals surface area contributed by atoms with Crippen molar-refractivity contribution in [2.45, 2.75) is 25.8 Å². The van der Waals surface area contributed by atoms with Gasteiger partial charge in [-0.1, -0.05) is 0 Å². The Balaban J connectivity index is 1.80. The molecule has 20 heavy (non-hydrogen) atoms. The predicted molar refractivity (Wildman–Crippen MR) is 84.5 cm³/mol. The monoisotopic (exact) mass is 312 g/mol. The zero-order valence-corrected chi connectivity index (χ0v) is 13.5. The van der Waals surface area contributed by atoms with Crippen LogP contribution in [0.5, 0.6) is 0 Å². The van der Waals surface area contributed by atoms with E-state index in [2.05, 4.69) is 5.32 Å². The van der Waals surface area contributed by atoms with Crippen LogP contribution in [-0.2, 0) is 4.79 Å². The molecule has 1 aromatic heterocycles. The second-order valence-electron chi connectivity index (χ2n) is 4.97. The van der Waals surface area contributed by atoms with E-state index in [0.717, 1.165) is 35.7 Å². The molecule has 1 aliphatic rings. The SMILES string of the molecule is CSCC(=O)N1CCC(NC(=O)c2ccc(C)s2)CC1. The Morgan fingerprint density at radius 2 is 2.10 bits per heavy atom. The van der Waals surface area contributed by atoms with Gasteiger partial charge in [0.25, 0.3) is 5.91 Å². The summed E-state index contributed by atoms with van der Waals surface area (Å²) >= 11 is 3.07. The maximum atomic E-state index is 12.1. The summed E-state index contributed by atoms with van der Waals surface area (Å²) in [6.45, 7) is 3.49. The van der Waals surface area contributed by atoms with Crippen molar-refractivity contribution in [3.63, 3.8) is 0 Å². The normalized spacial score (nSPS) is 16.2. The number of likely N-dealkylation sites (tertiary alicyclic amines) is 1. The van der Waals surface area contributed by atoms with Crippen LogP contribution in [0.25, 0.3) is 0 Å². The highest BCUT2D eigenvalue weighted by molar-refractivity contribution is 7.99. The molecule has 0 radical (unpaired) electrons. The van der Waals surface area contributed by atoms with Gasteiger partial charge in [-0.2, -0.15) is 11.8 Å². The van der Waals surface area contributed by atoms with Crippen molar-refractivity contribution in [2.24, 2.45) is 0 Å². The largest absolute Gasteiger partial charge is 0.348 e. The summed E-state index contributed by atoms with van der Waals surface area (Å²) in [7, 11) is 0. The molecule has 0 atom stereocenters. The van der Waals surface area contributed by atoms with E-state index in [4.69, 9.17) is 0 Å². The van der Waals surface area contributed by atoms with Crippen molar-refractivity contribution in [1.82, 2.24) is 10.2 Å². The van der Waals surface area contributed by atoms with Crippen molar-refractivity contribution in [3.8, 4) is 0 Å². The third-order valence-electron chi connectivity index (χ3n) is 3.41. The Kier molecular flexibility index (Phi) is 5.48. The molecule has 0 spiro atoms. The standard InChI is InChI=1S/C14H20N2O2S2/c1-10-3-4-12(20-10)14(18)15-11-5-7-16(8-6-11)13(17)9-19-2/h3-4,11H,5-9H2,1-2H3,(H,15,18). The Morgan fingerprint density at radius 1 is 1.40 bits per heavy atom. The first-order valence-corrected chi connectivity index (χ1v) is 8.95. The van der Waals surface area contributed by atoms with Crippen molar-refractivity contribution < 1.29 is 9.59 Å². The Labute approximate surface area is 127 Å². The van der Waals surface area contributed by atoms with Gasteiger partial charge in [0.2, 0.25) is 5.91 Å². The number of carbonyl (C=O) groups excluding carboxylic acids is 2. The van der Waals surface area contributed by atoms with Crippen LogP contribution in [0.1, 0.15) is 27.4 Å². The minimum absolute atomic E-state index is 0.0111. The summed E-state index contributed by atoms with van der Waals surface area (Å²) in [6, 6.07) is 4.01. The molecular weight excluding hydrogens is 292 g/mol. The lowest BCUT2D eigenvalue weighted by Gasteiger charge is -2.32. The summed E-state index contributed by atoms with van der Waals surface area (Å²) in [5.41, 5.74) is 0. The predicted octanol–water partition coefficient (Wildman–Crippen LogP) is 2.14. The zero-order chi connectivity index (χ0) is 14.5. The van der Waals surface area contributed by atoms with Crippen LogP contribution in [0.4, 0.5) is 0 Å². The molecule has 4 nitrogen and oxygen atoms in total. The molecule has 1 aromatic rings. The zero-order valence-electron chi connectivity index (χ0n) is 11.8. The summed E-state index contributed by atoms with van der Waals surface area (Å²) in [4.78, 5) is 27.6. The Morgan fingerprint density at radius 3 is 2.65 bits per heavy atom. The molecule has 0 bridgehead atoms. The molecule has 6 heteroatoms. The number of hydrogen-bond acceptors (Lipinski definition) is 4. The number of nitrogens with zero attached hydrogens (tertiary/aromatic N) is 1. The van der Waals surface area contributed by atoms with E-state index in [-0.39, 0.29) is 17.9 Å². The van der Waals surface area contributed by atoms with Gasteiger partial charge < -0.3 is 10.2 Å². The number of hydrogen-bond donors (Lipinski definition) is 1. The average molecular weight is 312 g/mol. The molecule has 0 aromatic carbocycles. The maximum absolute atomic E-state index is 12.1. The van der Waals surface area contributed by atoms with E-state index in [1.807, 2.05) is 30.2 Å². The molecule has 0 aliphatic carbocycles. The quantitative estimate of drug-likeness (QED) is 0.927. The van der Waals surface area contributed by atoms with E-state index in [1.165, 1.54) is 11.3 Å². The van der Waals surface area contributed by atoms with Crippen LogP contribution in [0, 0.1) is 6.92 Å². The number of nitrogens with one attached hydrogen (secondary N) is 1. The molecule has 2 amide bonds. The van der Waals surface area contributed by atoms with E-state index >= 15 is 0 Å². The number of carbonyl (C=O) groups is 2. The first kappa shape index (κ1) is 15.4. The highest BCUT2D eigenvalue weighted by atomic mass is 32.2. The minimum Gasteiger partial charge on any atom is -0.348 e. The Hall–Kier alpha value is -1.01. The number of piperidine rings is 1. The molecule has 2 rings (SSSR count). The number of rotatable bonds is 4. The van der Waals surface area contributed by atoms with Gasteiger partial charge in [0.1, 0.15) is 0 Å². The topological polar surface area (TPSA) is 49.4 Å². The summed E-state index contributed by atoms with van der Waals surface area (Å²) in [5.74, 6) is 0.763. The first-order valence-electron chi connectivity index (χ1n) is 6.74. The van der Waals surface area contributed by atoms with Crippen molar-refractivity contribution in [3.05, 3.63) is 21.9 Å². The highest BCUT2D eigenvalue weighted by Gasteiger charge is 2.24. The van der Waals surface area contributed by atoms with E-state index in [0.29, 0.717) is 5.75 Å². The fraction of sp³-hybridized carbons (Fsp3) is 0.571. The number of aryl methyl sites for hydroxylation is 1. The van der Waals surface area contributed by atoms with Crippen LogP contribution < -0.4 is 5.32 Å². The van der Waals surface area contributed by atoms with Crippen molar-refractivity contribution in [1.29, 1.82) is 0 Å². The molecule has 0 unspecified atom stereocenters. The minimum atomic E-state index is 0.0111. The van der Waals surface area contributed by atoms with Gasteiger partial charge in [-0.15, -0.1) is 11.3 Å². The van der Waals surface area contributed by atoms with Crippen LogP contribution in [0.15, 0.2) is 12.1 Å². The van der Waals surface area contributed by atoms with Crippen LogP contribution in [-0.4, -0.2) is 47.9 Å². The number of thioether (sulfide) groups is 1. The molecule has 1 saturated heterocycles. The van der Waals surface area contributed by atoms with Gasteiger partial charge in [-0.3, -0.25) is 9.59 Å². The molecule has 1 fully saturated rings. The second kappa shape index (κ2) is 7.13. The lowest BCUT2D eigenvalue weighted by molar-refractivity contribution is -0.129. The third kappa shape index (κ3) is 3.99. The van der Waals surface area contributed by atoms with Crippen LogP contribution >= 0.6 is 23.1 Å². The smallest absolute Gasteiger partial charge is 0.261 e. The van der Waals surface area contributed by atoms with Gasteiger partial charge in [0.05, 0.1) is 10.6 Å². The lowest BCUT2D eigenvalue weighted by Crippen LogP contribution is -2.46. The molecule has 1 aliphatic heterocycles. The summed E-state index contributed by atoms with van der Waals surface area (Å²) < 4.78 is 0. The number of thiophene rings is 1. The molecule has 0 saturated carbocycles. The molecule has 1 N–H and O–H groups in total. The molecule has 110 valence electrons. The van der Waals surface area contributed by atoms with Gasteiger partial charge in [0.15, 0.2) is 0 Å². The maximum Gasteiger partial charge on any atom is 0.261 e. The van der Waals surface area contributed by atoms with Gasteiger partial charge >= 0.3 is 0 Å². The number of amides is 2. The van der Waals surface area contributed by atoms with Gasteiger partial charge in [0, 0.05) is 24.0 Å². The summed E-state index contributed by atoms with van der Waals surface area (Å²) in [5, 5.41) is 3.07. The average Bonchev–Trinajstić information content (AvgIpc) is 2.86. The molecule has 2 heterocycles.